The van der Waals surface area contributed by atoms with E-state index in [2.05, 4.69) is 22.3 Å². The Morgan fingerprint density at radius 1 is 1.03 bits per heavy atom. The number of Topliss-reactive ketones (excluding diaryl/α,β-unsaturated/α-hetero) is 1. The van der Waals surface area contributed by atoms with Gasteiger partial charge in [-0.15, -0.1) is 0 Å². The standard InChI is InChI=1S/C29H41N3O5/c1-36-18-17-31-14-11-21(12-15-31)20-7-9-23(10-8-20)28(34)30-26(22-5-3-2-4-6-22)29(35)32-16-13-25-27(32)24(33)19-37-25/h7-10,21-22,25-27H,2-6,11-19H2,1H3,(H,30,34)/t25-,26+,27-/m1/s1. The molecule has 1 aromatic rings. The molecule has 0 spiro atoms. The molecular formula is C29H41N3O5. The molecule has 1 aliphatic carbocycles. The van der Waals surface area contributed by atoms with Crippen LogP contribution in [-0.2, 0) is 19.1 Å². The first-order valence-electron chi connectivity index (χ1n) is 14.1. The maximum Gasteiger partial charge on any atom is 0.251 e. The number of benzene rings is 1. The van der Waals surface area contributed by atoms with Gasteiger partial charge in [0.2, 0.25) is 5.91 Å². The lowest BCUT2D eigenvalue weighted by Crippen LogP contribution is -2.55. The number of methoxy groups -OCH3 is 1. The third-order valence-corrected chi connectivity index (χ3v) is 8.91. The van der Waals surface area contributed by atoms with Crippen molar-refractivity contribution in [3.8, 4) is 0 Å². The fraction of sp³-hybridized carbons (Fsp3) is 0.690. The highest BCUT2D eigenvalue weighted by Crippen LogP contribution is 2.32. The van der Waals surface area contributed by atoms with Gasteiger partial charge in [-0.2, -0.15) is 0 Å². The van der Waals surface area contributed by atoms with Gasteiger partial charge in [-0.05, 0) is 74.7 Å². The number of piperidine rings is 1. The van der Waals surface area contributed by atoms with E-state index in [1.165, 1.54) is 12.0 Å². The molecule has 8 heteroatoms. The van der Waals surface area contributed by atoms with Crippen molar-refractivity contribution in [1.29, 1.82) is 0 Å². The van der Waals surface area contributed by atoms with Crippen LogP contribution < -0.4 is 5.32 Å². The molecule has 3 saturated heterocycles. The number of ketones is 1. The number of hydrogen-bond acceptors (Lipinski definition) is 6. The minimum atomic E-state index is -0.601. The van der Waals surface area contributed by atoms with E-state index in [0.29, 0.717) is 24.4 Å². The first-order chi connectivity index (χ1) is 18.0. The summed E-state index contributed by atoms with van der Waals surface area (Å²) in [5.41, 5.74) is 1.85. The van der Waals surface area contributed by atoms with E-state index in [-0.39, 0.29) is 36.2 Å². The van der Waals surface area contributed by atoms with Gasteiger partial charge in [0.15, 0.2) is 5.78 Å². The second kappa shape index (κ2) is 12.0. The average Bonchev–Trinajstić information content (AvgIpc) is 3.54. The molecule has 5 rings (SSSR count). The molecule has 1 saturated carbocycles. The van der Waals surface area contributed by atoms with Gasteiger partial charge in [-0.25, -0.2) is 0 Å². The van der Waals surface area contributed by atoms with Gasteiger partial charge in [0, 0.05) is 25.8 Å². The first-order valence-corrected chi connectivity index (χ1v) is 14.1. The van der Waals surface area contributed by atoms with E-state index in [4.69, 9.17) is 9.47 Å². The normalized spacial score (nSPS) is 26.3. The van der Waals surface area contributed by atoms with Crippen LogP contribution in [0.2, 0.25) is 0 Å². The summed E-state index contributed by atoms with van der Waals surface area (Å²) in [5, 5.41) is 3.10. The number of ether oxygens (including phenoxy) is 2. The Labute approximate surface area is 220 Å². The van der Waals surface area contributed by atoms with Crippen molar-refractivity contribution in [2.45, 2.75) is 75.5 Å². The Bertz CT molecular complexity index is 953. The fourth-order valence-electron chi connectivity index (χ4n) is 6.71. The van der Waals surface area contributed by atoms with Crippen LogP contribution in [0.3, 0.4) is 0 Å². The molecule has 4 aliphatic rings. The fourth-order valence-corrected chi connectivity index (χ4v) is 6.71. The monoisotopic (exact) mass is 511 g/mol. The summed E-state index contributed by atoms with van der Waals surface area (Å²) in [5.74, 6) is 0.244. The SMILES string of the molecule is COCCN1CCC(c2ccc(C(=O)N[C@H](C(=O)N3CC[C@H]4OCC(=O)[C@H]43)C3CCCCC3)cc2)CC1. The molecule has 37 heavy (non-hydrogen) atoms. The highest BCUT2D eigenvalue weighted by Gasteiger charge is 2.49. The number of nitrogens with one attached hydrogen (secondary N) is 1. The van der Waals surface area contributed by atoms with Gasteiger partial charge in [-0.3, -0.25) is 14.4 Å². The number of nitrogens with zero attached hydrogens (tertiary/aromatic N) is 2. The quantitative estimate of drug-likeness (QED) is 0.578. The van der Waals surface area contributed by atoms with Crippen LogP contribution in [0.25, 0.3) is 0 Å². The Balaban J connectivity index is 1.24. The minimum Gasteiger partial charge on any atom is -0.383 e. The third-order valence-electron chi connectivity index (χ3n) is 8.91. The van der Waals surface area contributed by atoms with E-state index in [1.807, 2.05) is 12.1 Å². The number of fused-ring (bicyclic) bond motifs is 1. The topological polar surface area (TPSA) is 88.2 Å². The summed E-state index contributed by atoms with van der Waals surface area (Å²) >= 11 is 0. The van der Waals surface area contributed by atoms with E-state index >= 15 is 0 Å². The zero-order chi connectivity index (χ0) is 25.8. The lowest BCUT2D eigenvalue weighted by atomic mass is 9.83. The Morgan fingerprint density at radius 3 is 2.46 bits per heavy atom. The number of carbonyl (C=O) groups is 3. The van der Waals surface area contributed by atoms with Gasteiger partial charge < -0.3 is 24.6 Å². The molecule has 0 aromatic heterocycles. The van der Waals surface area contributed by atoms with Gasteiger partial charge in [0.1, 0.15) is 18.7 Å². The van der Waals surface area contributed by atoms with Crippen molar-refractivity contribution in [3.63, 3.8) is 0 Å². The predicted molar refractivity (Wildman–Crippen MR) is 139 cm³/mol. The maximum absolute atomic E-state index is 13.7. The third kappa shape index (κ3) is 5.91. The summed E-state index contributed by atoms with van der Waals surface area (Å²) in [6, 6.07) is 6.84. The zero-order valence-electron chi connectivity index (χ0n) is 22.0. The van der Waals surface area contributed by atoms with Gasteiger partial charge in [-0.1, -0.05) is 31.4 Å². The molecule has 8 nitrogen and oxygen atoms in total. The Kier molecular flexibility index (Phi) is 8.57. The number of carbonyl (C=O) groups excluding carboxylic acids is 3. The van der Waals surface area contributed by atoms with E-state index < -0.39 is 12.1 Å². The molecule has 202 valence electrons. The number of hydrogen-bond donors (Lipinski definition) is 1. The van der Waals surface area contributed by atoms with Crippen LogP contribution in [0, 0.1) is 5.92 Å². The number of likely N-dealkylation sites (tertiary alicyclic amines) is 2. The van der Waals surface area contributed by atoms with Crippen molar-refractivity contribution in [2.75, 3.05) is 46.5 Å². The van der Waals surface area contributed by atoms with Crippen molar-refractivity contribution >= 4 is 17.6 Å². The molecule has 0 unspecified atom stereocenters. The summed E-state index contributed by atoms with van der Waals surface area (Å²) in [4.78, 5) is 43.6. The van der Waals surface area contributed by atoms with Crippen LogP contribution in [0.4, 0.5) is 0 Å². The molecule has 4 fully saturated rings. The summed E-state index contributed by atoms with van der Waals surface area (Å²) in [7, 11) is 1.74. The van der Waals surface area contributed by atoms with Crippen molar-refractivity contribution < 1.29 is 23.9 Å². The van der Waals surface area contributed by atoms with Crippen LogP contribution in [0.15, 0.2) is 24.3 Å². The van der Waals surface area contributed by atoms with Crippen LogP contribution >= 0.6 is 0 Å². The van der Waals surface area contributed by atoms with Crippen molar-refractivity contribution in [2.24, 2.45) is 5.92 Å². The highest BCUT2D eigenvalue weighted by atomic mass is 16.5. The lowest BCUT2D eigenvalue weighted by Gasteiger charge is -2.34. The maximum atomic E-state index is 13.7. The molecule has 3 heterocycles. The smallest absolute Gasteiger partial charge is 0.251 e. The first kappa shape index (κ1) is 26.3. The van der Waals surface area contributed by atoms with Crippen LogP contribution in [0.5, 0.6) is 0 Å². The Hall–Kier alpha value is -2.29. The van der Waals surface area contributed by atoms with E-state index in [1.54, 1.807) is 12.0 Å². The van der Waals surface area contributed by atoms with Crippen LogP contribution in [-0.4, -0.2) is 92.1 Å². The second-order valence-corrected chi connectivity index (χ2v) is 11.2. The molecule has 0 bridgehead atoms. The van der Waals surface area contributed by atoms with Crippen molar-refractivity contribution in [1.82, 2.24) is 15.1 Å². The van der Waals surface area contributed by atoms with Gasteiger partial charge in [0.05, 0.1) is 12.7 Å². The largest absolute Gasteiger partial charge is 0.383 e. The van der Waals surface area contributed by atoms with Crippen LogP contribution in [0.1, 0.15) is 73.2 Å². The highest BCUT2D eigenvalue weighted by molar-refractivity contribution is 5.99. The summed E-state index contributed by atoms with van der Waals surface area (Å²) < 4.78 is 10.8. The second-order valence-electron chi connectivity index (χ2n) is 11.2. The van der Waals surface area contributed by atoms with E-state index in [9.17, 15) is 14.4 Å². The average molecular weight is 512 g/mol. The molecule has 0 radical (unpaired) electrons. The molecular weight excluding hydrogens is 470 g/mol. The Morgan fingerprint density at radius 2 is 1.76 bits per heavy atom. The van der Waals surface area contributed by atoms with Gasteiger partial charge >= 0.3 is 0 Å². The molecule has 3 atom stereocenters. The van der Waals surface area contributed by atoms with Gasteiger partial charge in [0.25, 0.3) is 5.91 Å². The molecule has 3 aliphatic heterocycles. The molecule has 1 N–H and O–H groups in total. The number of rotatable bonds is 8. The summed E-state index contributed by atoms with van der Waals surface area (Å²) in [6.45, 7) is 4.46. The minimum absolute atomic E-state index is 0.0234. The van der Waals surface area contributed by atoms with E-state index in [0.717, 1.165) is 64.8 Å². The zero-order valence-corrected chi connectivity index (χ0v) is 22.0. The van der Waals surface area contributed by atoms with Crippen molar-refractivity contribution in [3.05, 3.63) is 35.4 Å². The number of amides is 2. The molecule has 2 amide bonds. The summed E-state index contributed by atoms with van der Waals surface area (Å²) in [6.07, 6.45) is 7.84. The molecule has 1 aromatic carbocycles. The predicted octanol–water partition coefficient (Wildman–Crippen LogP) is 2.76. The lowest BCUT2D eigenvalue weighted by molar-refractivity contribution is -0.139.